The molecule has 0 radical (unpaired) electrons. The average molecular weight is 347 g/mol. The van der Waals surface area contributed by atoms with E-state index in [2.05, 4.69) is 45.9 Å². The molecule has 3 aromatic rings. The van der Waals surface area contributed by atoms with E-state index in [1.54, 1.807) is 0 Å². The summed E-state index contributed by atoms with van der Waals surface area (Å²) in [4.78, 5) is 17.6. The molecular weight excluding hydrogens is 322 g/mol. The highest BCUT2D eigenvalue weighted by molar-refractivity contribution is 6.08. The standard InChI is InChI=1S/C22H25N3O/c1-17-21(19-10-6-7-11-20(19)23(17)2)22(26)25-14-12-24(13-15-25)16-18-8-4-3-5-9-18/h3-11H,12-16H2,1-2H3. The number of benzene rings is 2. The van der Waals surface area contributed by atoms with E-state index in [9.17, 15) is 4.79 Å². The molecule has 1 aliphatic heterocycles. The van der Waals surface area contributed by atoms with Crippen LogP contribution in [-0.2, 0) is 13.6 Å². The maximum absolute atomic E-state index is 13.2. The van der Waals surface area contributed by atoms with Gasteiger partial charge >= 0.3 is 0 Å². The third-order valence-electron chi connectivity index (χ3n) is 5.52. The zero-order valence-corrected chi connectivity index (χ0v) is 15.5. The Balaban J connectivity index is 1.48. The number of rotatable bonds is 3. The quantitative estimate of drug-likeness (QED) is 0.726. The van der Waals surface area contributed by atoms with E-state index in [0.717, 1.165) is 54.9 Å². The molecule has 1 fully saturated rings. The van der Waals surface area contributed by atoms with Gasteiger partial charge in [0.25, 0.3) is 5.91 Å². The molecule has 4 heteroatoms. The molecule has 4 nitrogen and oxygen atoms in total. The largest absolute Gasteiger partial charge is 0.347 e. The fourth-order valence-corrected chi connectivity index (χ4v) is 3.90. The number of hydrogen-bond acceptors (Lipinski definition) is 2. The van der Waals surface area contributed by atoms with Crippen molar-refractivity contribution in [1.29, 1.82) is 0 Å². The fourth-order valence-electron chi connectivity index (χ4n) is 3.90. The zero-order chi connectivity index (χ0) is 18.1. The van der Waals surface area contributed by atoms with Crippen molar-refractivity contribution in [3.63, 3.8) is 0 Å². The van der Waals surface area contributed by atoms with Gasteiger partial charge in [0.05, 0.1) is 5.56 Å². The molecule has 0 unspecified atom stereocenters. The smallest absolute Gasteiger partial charge is 0.256 e. The number of aromatic nitrogens is 1. The number of carbonyl (C=O) groups excluding carboxylic acids is 1. The van der Waals surface area contributed by atoms with E-state index >= 15 is 0 Å². The molecule has 1 aromatic heterocycles. The minimum absolute atomic E-state index is 0.165. The van der Waals surface area contributed by atoms with Crippen LogP contribution in [0.3, 0.4) is 0 Å². The average Bonchev–Trinajstić information content (AvgIpc) is 2.94. The van der Waals surface area contributed by atoms with Crippen LogP contribution in [0.2, 0.25) is 0 Å². The van der Waals surface area contributed by atoms with Gasteiger partial charge in [-0.1, -0.05) is 48.5 Å². The Bertz CT molecular complexity index is 921. The minimum atomic E-state index is 0.165. The van der Waals surface area contributed by atoms with E-state index in [0.29, 0.717) is 0 Å². The van der Waals surface area contributed by atoms with Crippen LogP contribution in [0.5, 0.6) is 0 Å². The third-order valence-corrected chi connectivity index (χ3v) is 5.52. The van der Waals surface area contributed by atoms with Crippen LogP contribution in [0.4, 0.5) is 0 Å². The molecule has 0 aliphatic carbocycles. The molecule has 2 heterocycles. The number of hydrogen-bond donors (Lipinski definition) is 0. The lowest BCUT2D eigenvalue weighted by Crippen LogP contribution is -2.48. The second kappa shape index (κ2) is 6.96. The summed E-state index contributed by atoms with van der Waals surface area (Å²) in [6.07, 6.45) is 0. The van der Waals surface area contributed by atoms with Gasteiger partial charge < -0.3 is 9.47 Å². The van der Waals surface area contributed by atoms with Gasteiger partial charge in [-0.05, 0) is 18.6 Å². The van der Waals surface area contributed by atoms with Crippen molar-refractivity contribution < 1.29 is 4.79 Å². The number of carbonyl (C=O) groups is 1. The Morgan fingerprint density at radius 3 is 2.31 bits per heavy atom. The van der Waals surface area contributed by atoms with E-state index < -0.39 is 0 Å². The predicted molar refractivity (Wildman–Crippen MR) is 105 cm³/mol. The van der Waals surface area contributed by atoms with Crippen LogP contribution in [0, 0.1) is 6.92 Å². The number of aryl methyl sites for hydroxylation is 1. The summed E-state index contributed by atoms with van der Waals surface area (Å²) in [5.74, 6) is 0.165. The number of fused-ring (bicyclic) bond motifs is 1. The lowest BCUT2D eigenvalue weighted by atomic mass is 10.1. The van der Waals surface area contributed by atoms with Crippen LogP contribution in [0.25, 0.3) is 10.9 Å². The van der Waals surface area contributed by atoms with Crippen LogP contribution in [-0.4, -0.2) is 46.5 Å². The Hall–Kier alpha value is -2.59. The Morgan fingerprint density at radius 1 is 0.923 bits per heavy atom. The number of piperazine rings is 1. The molecule has 2 aromatic carbocycles. The van der Waals surface area contributed by atoms with Gasteiger partial charge in [0.1, 0.15) is 0 Å². The monoisotopic (exact) mass is 347 g/mol. The van der Waals surface area contributed by atoms with Gasteiger partial charge in [0, 0.05) is 56.4 Å². The summed E-state index contributed by atoms with van der Waals surface area (Å²) in [6, 6.07) is 18.7. The summed E-state index contributed by atoms with van der Waals surface area (Å²) >= 11 is 0. The summed E-state index contributed by atoms with van der Waals surface area (Å²) in [5, 5.41) is 1.06. The summed E-state index contributed by atoms with van der Waals surface area (Å²) < 4.78 is 2.12. The van der Waals surface area contributed by atoms with Crippen molar-refractivity contribution in [3.05, 3.63) is 71.4 Å². The highest BCUT2D eigenvalue weighted by Gasteiger charge is 2.26. The number of amides is 1. The van der Waals surface area contributed by atoms with E-state index in [1.165, 1.54) is 5.56 Å². The molecule has 0 bridgehead atoms. The van der Waals surface area contributed by atoms with Gasteiger partial charge in [0.15, 0.2) is 0 Å². The van der Waals surface area contributed by atoms with Crippen LogP contribution >= 0.6 is 0 Å². The van der Waals surface area contributed by atoms with Crippen molar-refractivity contribution in [1.82, 2.24) is 14.4 Å². The molecule has 0 N–H and O–H groups in total. The Kier molecular flexibility index (Phi) is 4.51. The van der Waals surface area contributed by atoms with E-state index in [4.69, 9.17) is 0 Å². The molecule has 1 aliphatic rings. The van der Waals surface area contributed by atoms with Gasteiger partial charge in [0.2, 0.25) is 0 Å². The summed E-state index contributed by atoms with van der Waals surface area (Å²) in [5.41, 5.74) is 4.36. The number of para-hydroxylation sites is 1. The summed E-state index contributed by atoms with van der Waals surface area (Å²) in [7, 11) is 2.03. The maximum atomic E-state index is 13.2. The molecule has 0 atom stereocenters. The van der Waals surface area contributed by atoms with Crippen molar-refractivity contribution in [2.75, 3.05) is 26.2 Å². The first-order valence-corrected chi connectivity index (χ1v) is 9.24. The molecule has 1 amide bonds. The SMILES string of the molecule is Cc1c(C(=O)N2CCN(Cc3ccccc3)CC2)c2ccccc2n1C. The topological polar surface area (TPSA) is 28.5 Å². The lowest BCUT2D eigenvalue weighted by molar-refractivity contribution is 0.0629. The fraction of sp³-hybridized carbons (Fsp3) is 0.318. The second-order valence-electron chi connectivity index (χ2n) is 7.09. The Labute approximate surface area is 154 Å². The van der Waals surface area contributed by atoms with Crippen molar-refractivity contribution in [2.24, 2.45) is 7.05 Å². The van der Waals surface area contributed by atoms with Gasteiger partial charge in [-0.25, -0.2) is 0 Å². The molecule has 4 rings (SSSR count). The highest BCUT2D eigenvalue weighted by Crippen LogP contribution is 2.26. The minimum Gasteiger partial charge on any atom is -0.347 e. The van der Waals surface area contributed by atoms with Crippen LogP contribution < -0.4 is 0 Å². The van der Waals surface area contributed by atoms with Crippen LogP contribution in [0.1, 0.15) is 21.6 Å². The predicted octanol–water partition coefficient (Wildman–Crippen LogP) is 3.44. The van der Waals surface area contributed by atoms with Crippen molar-refractivity contribution >= 4 is 16.8 Å². The van der Waals surface area contributed by atoms with Gasteiger partial charge in [-0.2, -0.15) is 0 Å². The summed E-state index contributed by atoms with van der Waals surface area (Å²) in [6.45, 7) is 6.41. The van der Waals surface area contributed by atoms with Crippen LogP contribution in [0.15, 0.2) is 54.6 Å². The normalized spacial score (nSPS) is 15.5. The molecule has 1 saturated heterocycles. The van der Waals surface area contributed by atoms with Gasteiger partial charge in [-0.15, -0.1) is 0 Å². The molecule has 134 valence electrons. The molecule has 0 spiro atoms. The Morgan fingerprint density at radius 2 is 1.58 bits per heavy atom. The zero-order valence-electron chi connectivity index (χ0n) is 15.5. The molecule has 26 heavy (non-hydrogen) atoms. The first kappa shape index (κ1) is 16.9. The second-order valence-corrected chi connectivity index (χ2v) is 7.09. The van der Waals surface area contributed by atoms with E-state index in [1.807, 2.05) is 37.1 Å². The van der Waals surface area contributed by atoms with Crippen molar-refractivity contribution in [2.45, 2.75) is 13.5 Å². The highest BCUT2D eigenvalue weighted by atomic mass is 16.2. The van der Waals surface area contributed by atoms with E-state index in [-0.39, 0.29) is 5.91 Å². The van der Waals surface area contributed by atoms with Crippen molar-refractivity contribution in [3.8, 4) is 0 Å². The molecular formula is C22H25N3O. The maximum Gasteiger partial charge on any atom is 0.256 e. The molecule has 0 saturated carbocycles. The first-order valence-electron chi connectivity index (χ1n) is 9.24. The number of nitrogens with zero attached hydrogens (tertiary/aromatic N) is 3. The first-order chi connectivity index (χ1) is 12.6. The van der Waals surface area contributed by atoms with Gasteiger partial charge in [-0.3, -0.25) is 9.69 Å². The lowest BCUT2D eigenvalue weighted by Gasteiger charge is -2.35. The third kappa shape index (κ3) is 3.01.